The molecule has 0 saturated carbocycles. The number of ether oxygens (including phenoxy) is 2. The Morgan fingerprint density at radius 3 is 2.22 bits per heavy atom. The second-order valence-electron chi connectivity index (χ2n) is 7.90. The maximum Gasteiger partial charge on any atom is 0.573 e. The molecule has 0 saturated heterocycles. The van der Waals surface area contributed by atoms with Gasteiger partial charge in [0.1, 0.15) is 12.4 Å². The van der Waals surface area contributed by atoms with E-state index in [-0.39, 0.29) is 31.1 Å². The number of alkyl carbamates (subject to hydrolysis) is 1. The molecule has 4 rings (SSSR count). The van der Waals surface area contributed by atoms with Gasteiger partial charge in [0.25, 0.3) is 0 Å². The van der Waals surface area contributed by atoms with Crippen LogP contribution >= 0.6 is 0 Å². The number of benzene rings is 3. The van der Waals surface area contributed by atoms with Crippen LogP contribution in [0.25, 0.3) is 11.1 Å². The zero-order valence-corrected chi connectivity index (χ0v) is 18.8. The van der Waals surface area contributed by atoms with Crippen molar-refractivity contribution in [3.8, 4) is 28.7 Å². The third kappa shape index (κ3) is 5.96. The molecule has 3 aromatic rings. The first-order chi connectivity index (χ1) is 17.2. The van der Waals surface area contributed by atoms with E-state index in [1.807, 2.05) is 48.5 Å². The zero-order chi connectivity index (χ0) is 25.7. The number of hydrogen-bond acceptors (Lipinski definition) is 4. The first-order valence-corrected chi connectivity index (χ1v) is 10.9. The van der Waals surface area contributed by atoms with Crippen LogP contribution in [0.2, 0.25) is 0 Å². The van der Waals surface area contributed by atoms with Crippen LogP contribution in [0, 0.1) is 11.8 Å². The van der Waals surface area contributed by atoms with Crippen molar-refractivity contribution in [2.75, 3.05) is 13.2 Å². The van der Waals surface area contributed by atoms with Crippen molar-refractivity contribution in [2.24, 2.45) is 0 Å². The molecule has 1 amide bonds. The van der Waals surface area contributed by atoms with Crippen molar-refractivity contribution in [2.45, 2.75) is 18.7 Å². The number of carboxylic acids is 1. The summed E-state index contributed by atoms with van der Waals surface area (Å²) in [4.78, 5) is 23.4. The second-order valence-corrected chi connectivity index (χ2v) is 7.90. The summed E-state index contributed by atoms with van der Waals surface area (Å²) in [5.41, 5.74) is 4.07. The molecule has 0 aromatic heterocycles. The summed E-state index contributed by atoms with van der Waals surface area (Å²) in [6.45, 7) is 0.295. The highest BCUT2D eigenvalue weighted by Gasteiger charge is 2.31. The molecule has 2 N–H and O–H groups in total. The van der Waals surface area contributed by atoms with E-state index < -0.39 is 29.7 Å². The highest BCUT2D eigenvalue weighted by molar-refractivity contribution is 5.88. The number of carbonyl (C=O) groups is 2. The Labute approximate surface area is 204 Å². The smallest absolute Gasteiger partial charge is 0.478 e. The minimum absolute atomic E-state index is 0.0373. The van der Waals surface area contributed by atoms with Crippen LogP contribution in [-0.4, -0.2) is 36.7 Å². The summed E-state index contributed by atoms with van der Waals surface area (Å²) < 4.78 is 46.7. The lowest BCUT2D eigenvalue weighted by Crippen LogP contribution is -2.26. The highest BCUT2D eigenvalue weighted by atomic mass is 19.4. The van der Waals surface area contributed by atoms with Crippen LogP contribution < -0.4 is 10.1 Å². The molecule has 0 fully saturated rings. The summed E-state index contributed by atoms with van der Waals surface area (Å²) in [5.74, 6) is 3.11. The highest BCUT2D eigenvalue weighted by Crippen LogP contribution is 2.44. The Kier molecular flexibility index (Phi) is 7.15. The van der Waals surface area contributed by atoms with Gasteiger partial charge in [0.05, 0.1) is 5.56 Å². The summed E-state index contributed by atoms with van der Waals surface area (Å²) in [7, 11) is 0. The minimum Gasteiger partial charge on any atom is -0.478 e. The van der Waals surface area contributed by atoms with Crippen molar-refractivity contribution in [3.05, 3.63) is 89.0 Å². The van der Waals surface area contributed by atoms with E-state index >= 15 is 0 Å². The van der Waals surface area contributed by atoms with Gasteiger partial charge in [-0.25, -0.2) is 9.59 Å². The van der Waals surface area contributed by atoms with E-state index in [0.29, 0.717) is 0 Å². The average Bonchev–Trinajstić information content (AvgIpc) is 3.15. The largest absolute Gasteiger partial charge is 0.573 e. The van der Waals surface area contributed by atoms with Gasteiger partial charge in [-0.05, 0) is 40.5 Å². The molecule has 36 heavy (non-hydrogen) atoms. The van der Waals surface area contributed by atoms with E-state index in [1.54, 1.807) is 0 Å². The number of fused-ring (bicyclic) bond motifs is 3. The Morgan fingerprint density at radius 1 is 0.972 bits per heavy atom. The van der Waals surface area contributed by atoms with Crippen LogP contribution in [0.1, 0.15) is 39.4 Å². The normalized spacial score (nSPS) is 12.1. The second kappa shape index (κ2) is 10.4. The third-order valence-electron chi connectivity index (χ3n) is 5.48. The summed E-state index contributed by atoms with van der Waals surface area (Å²) >= 11 is 0. The van der Waals surface area contributed by atoms with Gasteiger partial charge in [-0.15, -0.1) is 13.2 Å². The fourth-order valence-electron chi connectivity index (χ4n) is 4.03. The Morgan fingerprint density at radius 2 is 1.61 bits per heavy atom. The summed E-state index contributed by atoms with van der Waals surface area (Å²) in [6, 6.07) is 18.8. The number of nitrogens with one attached hydrogen (secondary N) is 1. The van der Waals surface area contributed by atoms with E-state index in [0.717, 1.165) is 40.5 Å². The molecule has 9 heteroatoms. The van der Waals surface area contributed by atoms with Gasteiger partial charge >= 0.3 is 18.4 Å². The fourth-order valence-corrected chi connectivity index (χ4v) is 4.03. The number of alkyl halides is 3. The molecule has 6 nitrogen and oxygen atoms in total. The number of hydrogen-bond donors (Lipinski definition) is 2. The number of aromatic carboxylic acids is 1. The van der Waals surface area contributed by atoms with Crippen LogP contribution in [-0.2, 0) is 4.74 Å². The van der Waals surface area contributed by atoms with E-state index in [9.17, 15) is 22.8 Å². The lowest BCUT2D eigenvalue weighted by Gasteiger charge is -2.14. The first-order valence-electron chi connectivity index (χ1n) is 10.9. The van der Waals surface area contributed by atoms with Crippen molar-refractivity contribution < 1.29 is 37.3 Å². The van der Waals surface area contributed by atoms with Crippen LogP contribution in [0.15, 0.2) is 66.7 Å². The maximum atomic E-state index is 12.5. The van der Waals surface area contributed by atoms with Gasteiger partial charge in [0, 0.05) is 24.4 Å². The van der Waals surface area contributed by atoms with Crippen LogP contribution in [0.5, 0.6) is 5.75 Å². The number of rotatable bonds is 6. The predicted octanol–water partition coefficient (Wildman–Crippen LogP) is 5.56. The van der Waals surface area contributed by atoms with Gasteiger partial charge < -0.3 is 19.9 Å². The van der Waals surface area contributed by atoms with Crippen LogP contribution in [0.4, 0.5) is 18.0 Å². The monoisotopic (exact) mass is 495 g/mol. The molecule has 0 radical (unpaired) electrons. The maximum absolute atomic E-state index is 12.5. The molecule has 0 atom stereocenters. The molecular weight excluding hydrogens is 475 g/mol. The number of carbonyl (C=O) groups excluding carboxylic acids is 1. The standard InChI is InChI=1S/C27H20F3NO5/c28-27(29,30)36-19-14-17(13-18(15-19)25(32)33)7-5-6-12-31-26(34)35-16-24-22-10-3-1-8-20(22)21-9-2-4-11-23(21)24/h1-4,8-11,13-15,24H,6,12,16H2,(H,31,34)(H,32,33). The van der Waals surface area contributed by atoms with Gasteiger partial charge in [0.15, 0.2) is 0 Å². The van der Waals surface area contributed by atoms with Crippen LogP contribution in [0.3, 0.4) is 0 Å². The van der Waals surface area contributed by atoms with Crippen molar-refractivity contribution in [3.63, 3.8) is 0 Å². The number of amides is 1. The molecule has 0 bridgehead atoms. The van der Waals surface area contributed by atoms with Gasteiger partial charge in [-0.1, -0.05) is 60.4 Å². The quantitative estimate of drug-likeness (QED) is 0.345. The van der Waals surface area contributed by atoms with Gasteiger partial charge in [-0.2, -0.15) is 0 Å². The third-order valence-corrected chi connectivity index (χ3v) is 5.48. The number of halogens is 3. The molecule has 0 unspecified atom stereocenters. The van der Waals surface area contributed by atoms with E-state index in [2.05, 4.69) is 21.9 Å². The molecular formula is C27H20F3NO5. The molecule has 184 valence electrons. The predicted molar refractivity (Wildman–Crippen MR) is 125 cm³/mol. The SMILES string of the molecule is O=C(NCCC#Cc1cc(OC(F)(F)F)cc(C(=O)O)c1)OCC1c2ccccc2-c2ccccc21. The van der Waals surface area contributed by atoms with E-state index in [4.69, 9.17) is 9.84 Å². The molecule has 0 heterocycles. The Balaban J connectivity index is 1.31. The summed E-state index contributed by atoms with van der Waals surface area (Å²) in [6.07, 6.45) is -5.42. The van der Waals surface area contributed by atoms with Crippen molar-refractivity contribution in [1.82, 2.24) is 5.32 Å². The number of carboxylic acid groups (broad SMARTS) is 1. The zero-order valence-electron chi connectivity index (χ0n) is 18.8. The molecule has 0 spiro atoms. The first kappa shape index (κ1) is 24.7. The summed E-state index contributed by atoms with van der Waals surface area (Å²) in [5, 5.41) is 11.7. The van der Waals surface area contributed by atoms with Crippen molar-refractivity contribution in [1.29, 1.82) is 0 Å². The van der Waals surface area contributed by atoms with Gasteiger partial charge in [0.2, 0.25) is 0 Å². The Bertz CT molecular complexity index is 1310. The molecule has 1 aliphatic carbocycles. The molecule has 0 aliphatic heterocycles. The topological polar surface area (TPSA) is 84.9 Å². The Hall–Kier alpha value is -4.45. The molecule has 3 aromatic carbocycles. The lowest BCUT2D eigenvalue weighted by atomic mass is 9.98. The fraction of sp³-hybridized carbons (Fsp3) is 0.185. The van der Waals surface area contributed by atoms with Gasteiger partial charge in [-0.3, -0.25) is 0 Å². The minimum atomic E-state index is -4.96. The average molecular weight is 495 g/mol. The lowest BCUT2D eigenvalue weighted by molar-refractivity contribution is -0.274. The van der Waals surface area contributed by atoms with E-state index in [1.165, 1.54) is 0 Å². The van der Waals surface area contributed by atoms with Crippen molar-refractivity contribution >= 4 is 12.1 Å². The molecule has 1 aliphatic rings.